The number of hydrogen-bond acceptors (Lipinski definition) is 4. The predicted molar refractivity (Wildman–Crippen MR) is 104 cm³/mol. The minimum absolute atomic E-state index is 0.274. The van der Waals surface area contributed by atoms with E-state index >= 15 is 0 Å². The summed E-state index contributed by atoms with van der Waals surface area (Å²) < 4.78 is 22.9. The number of rotatable bonds is 5. The third kappa shape index (κ3) is 5.11. The monoisotopic (exact) mass is 366 g/mol. The highest BCUT2D eigenvalue weighted by atomic mass is 32.2. The fraction of sp³-hybridized carbons (Fsp3) is 0.700. The van der Waals surface area contributed by atoms with Crippen LogP contribution in [0.25, 0.3) is 0 Å². The van der Waals surface area contributed by atoms with E-state index < -0.39 is 0 Å². The van der Waals surface area contributed by atoms with Crippen LogP contribution >= 0.6 is 12.0 Å². The summed E-state index contributed by atoms with van der Waals surface area (Å²) >= 11 is 0.614. The van der Waals surface area contributed by atoms with Crippen molar-refractivity contribution in [2.75, 3.05) is 37.6 Å². The summed E-state index contributed by atoms with van der Waals surface area (Å²) in [5.41, 5.74) is 0.896. The first-order chi connectivity index (χ1) is 12.0. The molecular formula is C20H31FN2OS. The Hall–Kier alpha value is -0.780. The molecule has 2 saturated heterocycles. The quantitative estimate of drug-likeness (QED) is 0.744. The molecule has 3 rings (SSSR count). The highest BCUT2D eigenvalue weighted by Crippen LogP contribution is 2.30. The van der Waals surface area contributed by atoms with Crippen LogP contribution in [0.15, 0.2) is 23.1 Å². The van der Waals surface area contributed by atoms with Crippen molar-refractivity contribution >= 4 is 17.7 Å². The van der Waals surface area contributed by atoms with Crippen molar-refractivity contribution in [3.8, 4) is 0 Å². The van der Waals surface area contributed by atoms with Gasteiger partial charge in [-0.15, -0.1) is 0 Å². The number of nitrogens with zero attached hydrogens (tertiary/aromatic N) is 2. The number of piperidine rings is 2. The largest absolute Gasteiger partial charge is 0.371 e. The third-order valence-electron chi connectivity index (χ3n) is 6.03. The molecule has 0 radical (unpaired) electrons. The van der Waals surface area contributed by atoms with Gasteiger partial charge in [-0.2, -0.15) is 0 Å². The summed E-state index contributed by atoms with van der Waals surface area (Å²) in [7, 11) is 0. The number of hydrogen-bond donors (Lipinski definition) is 1. The first-order valence-corrected chi connectivity index (χ1v) is 10.4. The average molecular weight is 367 g/mol. The number of anilines is 1. The van der Waals surface area contributed by atoms with Gasteiger partial charge in [0.15, 0.2) is 0 Å². The molecule has 2 heterocycles. The van der Waals surface area contributed by atoms with Crippen molar-refractivity contribution in [2.45, 2.75) is 44.4 Å². The van der Waals surface area contributed by atoms with E-state index in [-0.39, 0.29) is 5.82 Å². The van der Waals surface area contributed by atoms with Crippen LogP contribution in [-0.2, 0) is 0 Å². The third-order valence-corrected chi connectivity index (χ3v) is 6.48. The fourth-order valence-electron chi connectivity index (χ4n) is 4.32. The van der Waals surface area contributed by atoms with E-state index in [2.05, 4.69) is 23.6 Å². The normalized spacial score (nSPS) is 21.2. The molecule has 0 aliphatic carbocycles. The summed E-state index contributed by atoms with van der Waals surface area (Å²) in [6.07, 6.45) is 5.03. The van der Waals surface area contributed by atoms with Crippen molar-refractivity contribution in [2.24, 2.45) is 17.8 Å². The summed E-state index contributed by atoms with van der Waals surface area (Å²) in [6.45, 7) is 10.4. The number of benzene rings is 1. The molecule has 3 nitrogen and oxygen atoms in total. The van der Waals surface area contributed by atoms with Gasteiger partial charge in [0.05, 0.1) is 0 Å². The number of likely N-dealkylation sites (tertiary alicyclic amines) is 1. The van der Waals surface area contributed by atoms with Crippen molar-refractivity contribution < 1.29 is 8.94 Å². The molecule has 1 aromatic rings. The molecule has 0 saturated carbocycles. The smallest absolute Gasteiger partial charge is 0.126 e. The van der Waals surface area contributed by atoms with Gasteiger partial charge in [-0.25, -0.2) is 4.39 Å². The Morgan fingerprint density at radius 1 is 1.08 bits per heavy atom. The zero-order valence-corrected chi connectivity index (χ0v) is 16.3. The minimum atomic E-state index is -0.274. The van der Waals surface area contributed by atoms with E-state index in [1.165, 1.54) is 51.4 Å². The van der Waals surface area contributed by atoms with E-state index in [0.29, 0.717) is 16.9 Å². The maximum atomic E-state index is 13.7. The fourth-order valence-corrected chi connectivity index (χ4v) is 4.66. The summed E-state index contributed by atoms with van der Waals surface area (Å²) in [5, 5.41) is 0. The van der Waals surface area contributed by atoms with Crippen LogP contribution in [0.5, 0.6) is 0 Å². The molecule has 5 heteroatoms. The van der Waals surface area contributed by atoms with Crippen LogP contribution in [0.4, 0.5) is 10.1 Å². The van der Waals surface area contributed by atoms with Crippen LogP contribution in [-0.4, -0.2) is 42.2 Å². The zero-order chi connectivity index (χ0) is 17.8. The Morgan fingerprint density at radius 3 is 2.36 bits per heavy atom. The topological polar surface area (TPSA) is 26.7 Å². The molecule has 140 valence electrons. The lowest BCUT2D eigenvalue weighted by Crippen LogP contribution is -2.42. The number of halogens is 1. The Labute approximate surface area is 155 Å². The minimum Gasteiger partial charge on any atom is -0.371 e. The molecule has 0 unspecified atom stereocenters. The molecule has 0 spiro atoms. The van der Waals surface area contributed by atoms with Gasteiger partial charge in [0, 0.05) is 42.3 Å². The Kier molecular flexibility index (Phi) is 6.64. The van der Waals surface area contributed by atoms with Crippen molar-refractivity contribution in [1.29, 1.82) is 0 Å². The lowest BCUT2D eigenvalue weighted by Gasteiger charge is -2.39. The SMILES string of the molecule is CC(C)C1CCN(CC2CCN(c3cc(F)cc(SO)c3)CC2)CC1. The van der Waals surface area contributed by atoms with Gasteiger partial charge >= 0.3 is 0 Å². The molecule has 0 aromatic heterocycles. The van der Waals surface area contributed by atoms with Gasteiger partial charge in [-0.05, 0) is 74.7 Å². The maximum Gasteiger partial charge on any atom is 0.126 e. The Balaban J connectivity index is 1.47. The molecule has 0 amide bonds. The van der Waals surface area contributed by atoms with E-state index in [4.69, 9.17) is 0 Å². The first kappa shape index (κ1) is 19.0. The van der Waals surface area contributed by atoms with E-state index in [0.717, 1.165) is 36.5 Å². The van der Waals surface area contributed by atoms with Crippen LogP contribution in [0.1, 0.15) is 39.5 Å². The lowest BCUT2D eigenvalue weighted by atomic mass is 9.86. The van der Waals surface area contributed by atoms with Crippen LogP contribution < -0.4 is 4.90 Å². The van der Waals surface area contributed by atoms with E-state index in [1.54, 1.807) is 6.07 Å². The second kappa shape index (κ2) is 8.74. The van der Waals surface area contributed by atoms with E-state index in [9.17, 15) is 8.94 Å². The summed E-state index contributed by atoms with van der Waals surface area (Å²) in [5.74, 6) is 2.21. The Bertz CT molecular complexity index is 553. The van der Waals surface area contributed by atoms with Gasteiger partial charge in [0.25, 0.3) is 0 Å². The van der Waals surface area contributed by atoms with Crippen molar-refractivity contribution in [1.82, 2.24) is 4.90 Å². The zero-order valence-electron chi connectivity index (χ0n) is 15.5. The van der Waals surface area contributed by atoms with E-state index in [1.807, 2.05) is 6.07 Å². The molecule has 1 aromatic carbocycles. The average Bonchev–Trinajstić information content (AvgIpc) is 2.62. The molecule has 2 aliphatic rings. The van der Waals surface area contributed by atoms with Crippen molar-refractivity contribution in [3.05, 3.63) is 24.0 Å². The van der Waals surface area contributed by atoms with Crippen LogP contribution in [0, 0.1) is 23.6 Å². The second-order valence-electron chi connectivity index (χ2n) is 8.05. The molecule has 25 heavy (non-hydrogen) atoms. The maximum absolute atomic E-state index is 13.7. The van der Waals surface area contributed by atoms with Crippen molar-refractivity contribution in [3.63, 3.8) is 0 Å². The predicted octanol–water partition coefficient (Wildman–Crippen LogP) is 4.98. The second-order valence-corrected chi connectivity index (χ2v) is 8.70. The lowest BCUT2D eigenvalue weighted by molar-refractivity contribution is 0.132. The standard InChI is InChI=1S/C20H31FN2OS/c1-15(2)17-5-7-22(8-6-17)14-16-3-9-23(10-4-16)19-11-18(21)12-20(13-19)25-24/h11-13,15-17,24H,3-10,14H2,1-2H3. The molecular weight excluding hydrogens is 335 g/mol. The van der Waals surface area contributed by atoms with Gasteiger partial charge < -0.3 is 14.4 Å². The van der Waals surface area contributed by atoms with Gasteiger partial charge in [-0.3, -0.25) is 0 Å². The molecule has 0 bridgehead atoms. The highest BCUT2D eigenvalue weighted by Gasteiger charge is 2.26. The molecule has 2 aliphatic heterocycles. The molecule has 0 atom stereocenters. The van der Waals surface area contributed by atoms with Gasteiger partial charge in [-0.1, -0.05) is 13.8 Å². The Morgan fingerprint density at radius 2 is 1.76 bits per heavy atom. The summed E-state index contributed by atoms with van der Waals surface area (Å²) in [6, 6.07) is 4.84. The molecule has 1 N–H and O–H groups in total. The first-order valence-electron chi connectivity index (χ1n) is 9.64. The summed E-state index contributed by atoms with van der Waals surface area (Å²) in [4.78, 5) is 5.48. The van der Waals surface area contributed by atoms with Gasteiger partial charge in [0.2, 0.25) is 0 Å². The van der Waals surface area contributed by atoms with Gasteiger partial charge in [0.1, 0.15) is 5.82 Å². The highest BCUT2D eigenvalue weighted by molar-refractivity contribution is 7.93. The van der Waals surface area contributed by atoms with Crippen LogP contribution in [0.3, 0.4) is 0 Å². The van der Waals surface area contributed by atoms with Crippen LogP contribution in [0.2, 0.25) is 0 Å². The molecule has 2 fully saturated rings.